The van der Waals surface area contributed by atoms with E-state index in [1.54, 1.807) is 38.1 Å². The molecule has 0 bridgehead atoms. The van der Waals surface area contributed by atoms with Gasteiger partial charge in [-0.15, -0.1) is 0 Å². The van der Waals surface area contributed by atoms with E-state index in [4.69, 9.17) is 15.2 Å². The maximum Gasteiger partial charge on any atom is 0.312 e. The minimum Gasteiger partial charge on any atom is -0.461 e. The Morgan fingerprint density at radius 3 is 2.24 bits per heavy atom. The first-order chi connectivity index (χ1) is 18.0. The molecule has 1 rings (SSSR count). The number of rotatable bonds is 17. The van der Waals surface area contributed by atoms with Gasteiger partial charge >= 0.3 is 12.0 Å². The summed E-state index contributed by atoms with van der Waals surface area (Å²) in [6, 6.07) is 4.24. The number of nitrogens with two attached hydrogens (primary N) is 1. The zero-order valence-electron chi connectivity index (χ0n) is 22.6. The fraction of sp³-hybridized carbons (Fsp3) is 0.577. The van der Waals surface area contributed by atoms with Crippen LogP contribution in [0.4, 0.5) is 10.5 Å². The number of urea groups is 1. The fourth-order valence-corrected chi connectivity index (χ4v) is 3.34. The molecule has 2 atom stereocenters. The summed E-state index contributed by atoms with van der Waals surface area (Å²) in [6.07, 6.45) is 1.55. The molecule has 0 radical (unpaired) electrons. The Hall–Kier alpha value is -3.67. The van der Waals surface area contributed by atoms with E-state index in [1.165, 1.54) is 6.92 Å². The van der Waals surface area contributed by atoms with Crippen molar-refractivity contribution >= 4 is 35.4 Å². The van der Waals surface area contributed by atoms with Crippen LogP contribution in [0, 0.1) is 5.92 Å². The summed E-state index contributed by atoms with van der Waals surface area (Å²) in [5.74, 6) is -1.92. The Bertz CT molecular complexity index is 921. The molecule has 0 fully saturated rings. The number of hydrogen-bond acceptors (Lipinski definition) is 7. The molecule has 0 aromatic heterocycles. The van der Waals surface area contributed by atoms with Crippen LogP contribution in [0.1, 0.15) is 58.9 Å². The number of anilines is 1. The van der Waals surface area contributed by atoms with Crippen molar-refractivity contribution in [2.45, 2.75) is 72.1 Å². The first-order valence-corrected chi connectivity index (χ1v) is 12.8. The maximum absolute atomic E-state index is 13.1. The van der Waals surface area contributed by atoms with Crippen LogP contribution in [0.15, 0.2) is 24.3 Å². The second-order valence-corrected chi connectivity index (χ2v) is 9.11. The molecule has 212 valence electrons. The fourth-order valence-electron chi connectivity index (χ4n) is 3.34. The van der Waals surface area contributed by atoms with E-state index in [2.05, 4.69) is 21.3 Å². The third-order valence-electron chi connectivity index (χ3n) is 5.35. The number of carbonyl (C=O) groups excluding carboxylic acids is 5. The standard InChI is InChI=1S/C26H41N5O7/c1-5-14-37-15-12-22(33)31-23(17(2)3)25(35)30-21(7-6-13-28-26(27)36)24(34)29-20-10-8-19(9-11-20)16-38-18(4)32/h8-11,17,21,23H,5-7,12-16H2,1-4H3,(H,29,34)(H,30,35)(H,31,33)(H3,27,28,36). The smallest absolute Gasteiger partial charge is 0.312 e. The molecule has 1 aromatic carbocycles. The van der Waals surface area contributed by atoms with Crippen LogP contribution in [0.3, 0.4) is 0 Å². The lowest BCUT2D eigenvalue weighted by Crippen LogP contribution is -2.54. The van der Waals surface area contributed by atoms with Gasteiger partial charge in [-0.05, 0) is 42.9 Å². The van der Waals surface area contributed by atoms with Crippen LogP contribution in [0.2, 0.25) is 0 Å². The van der Waals surface area contributed by atoms with Gasteiger partial charge in [0.05, 0.1) is 6.61 Å². The average molecular weight is 536 g/mol. The maximum atomic E-state index is 13.1. The second kappa shape index (κ2) is 17.7. The molecule has 0 heterocycles. The molecule has 12 nitrogen and oxygen atoms in total. The van der Waals surface area contributed by atoms with Crippen LogP contribution in [-0.4, -0.2) is 61.6 Å². The van der Waals surface area contributed by atoms with Gasteiger partial charge in [-0.25, -0.2) is 4.79 Å². The summed E-state index contributed by atoms with van der Waals surface area (Å²) < 4.78 is 10.3. The van der Waals surface area contributed by atoms with Crippen molar-refractivity contribution in [1.82, 2.24) is 16.0 Å². The van der Waals surface area contributed by atoms with Crippen molar-refractivity contribution in [3.05, 3.63) is 29.8 Å². The molecule has 0 aliphatic carbocycles. The second-order valence-electron chi connectivity index (χ2n) is 9.11. The minimum atomic E-state index is -0.941. The number of benzene rings is 1. The molecule has 0 saturated heterocycles. The molecule has 0 saturated carbocycles. The molecule has 0 aliphatic heterocycles. The van der Waals surface area contributed by atoms with E-state index in [0.717, 1.165) is 12.0 Å². The van der Waals surface area contributed by atoms with E-state index in [0.29, 0.717) is 18.7 Å². The van der Waals surface area contributed by atoms with Crippen LogP contribution < -0.4 is 27.0 Å². The first-order valence-electron chi connectivity index (χ1n) is 12.8. The molecule has 0 aliphatic rings. The molecular weight excluding hydrogens is 494 g/mol. The summed E-state index contributed by atoms with van der Waals surface area (Å²) in [6.45, 7) is 8.02. The van der Waals surface area contributed by atoms with E-state index < -0.39 is 35.9 Å². The highest BCUT2D eigenvalue weighted by atomic mass is 16.5. The third kappa shape index (κ3) is 13.6. The van der Waals surface area contributed by atoms with Crippen LogP contribution in [0.25, 0.3) is 0 Å². The Labute approximate surface area is 223 Å². The number of amides is 5. The van der Waals surface area contributed by atoms with Crippen molar-refractivity contribution in [2.75, 3.05) is 25.1 Å². The number of hydrogen-bond donors (Lipinski definition) is 5. The van der Waals surface area contributed by atoms with Crippen molar-refractivity contribution in [3.8, 4) is 0 Å². The van der Waals surface area contributed by atoms with Gasteiger partial charge in [0.15, 0.2) is 0 Å². The lowest BCUT2D eigenvalue weighted by molar-refractivity contribution is -0.142. The Morgan fingerprint density at radius 2 is 1.66 bits per heavy atom. The van der Waals surface area contributed by atoms with Gasteiger partial charge in [-0.2, -0.15) is 0 Å². The molecular formula is C26H41N5O7. The number of ether oxygens (including phenoxy) is 2. The predicted molar refractivity (Wildman–Crippen MR) is 142 cm³/mol. The third-order valence-corrected chi connectivity index (χ3v) is 5.35. The monoisotopic (exact) mass is 535 g/mol. The predicted octanol–water partition coefficient (Wildman–Crippen LogP) is 1.58. The summed E-state index contributed by atoms with van der Waals surface area (Å²) >= 11 is 0. The van der Waals surface area contributed by atoms with E-state index in [9.17, 15) is 24.0 Å². The van der Waals surface area contributed by atoms with Gasteiger partial charge in [0, 0.05) is 32.2 Å². The zero-order chi connectivity index (χ0) is 28.5. The molecule has 0 spiro atoms. The van der Waals surface area contributed by atoms with Crippen LogP contribution >= 0.6 is 0 Å². The van der Waals surface area contributed by atoms with Crippen molar-refractivity contribution < 1.29 is 33.4 Å². The molecule has 6 N–H and O–H groups in total. The summed E-state index contributed by atoms with van der Waals surface area (Å²) in [4.78, 5) is 60.5. The van der Waals surface area contributed by atoms with Crippen molar-refractivity contribution in [2.24, 2.45) is 11.7 Å². The summed E-state index contributed by atoms with van der Waals surface area (Å²) in [7, 11) is 0. The van der Waals surface area contributed by atoms with Gasteiger partial charge < -0.3 is 36.5 Å². The summed E-state index contributed by atoms with van der Waals surface area (Å²) in [5, 5.41) is 10.7. The molecule has 2 unspecified atom stereocenters. The van der Waals surface area contributed by atoms with Gasteiger partial charge in [-0.3, -0.25) is 19.2 Å². The average Bonchev–Trinajstić information content (AvgIpc) is 2.86. The molecule has 5 amide bonds. The largest absolute Gasteiger partial charge is 0.461 e. The number of esters is 1. The topological polar surface area (TPSA) is 178 Å². The molecule has 38 heavy (non-hydrogen) atoms. The minimum absolute atomic E-state index is 0.113. The van der Waals surface area contributed by atoms with Crippen LogP contribution in [-0.2, 0) is 35.3 Å². The highest BCUT2D eigenvalue weighted by Gasteiger charge is 2.28. The van der Waals surface area contributed by atoms with Crippen LogP contribution in [0.5, 0.6) is 0 Å². The van der Waals surface area contributed by atoms with E-state index in [-0.39, 0.29) is 44.4 Å². The number of nitrogens with one attached hydrogen (secondary N) is 4. The van der Waals surface area contributed by atoms with Crippen molar-refractivity contribution in [3.63, 3.8) is 0 Å². The van der Waals surface area contributed by atoms with E-state index >= 15 is 0 Å². The molecule has 12 heteroatoms. The lowest BCUT2D eigenvalue weighted by Gasteiger charge is -2.25. The van der Waals surface area contributed by atoms with Gasteiger partial charge in [0.1, 0.15) is 18.7 Å². The van der Waals surface area contributed by atoms with Crippen molar-refractivity contribution in [1.29, 1.82) is 0 Å². The number of carbonyl (C=O) groups is 5. The quantitative estimate of drug-likeness (QED) is 0.148. The highest BCUT2D eigenvalue weighted by molar-refractivity contribution is 5.98. The SMILES string of the molecule is CCCOCCC(=O)NC(C(=O)NC(CCCNC(N)=O)C(=O)Nc1ccc(COC(C)=O)cc1)C(C)C. The number of primary amides is 1. The van der Waals surface area contributed by atoms with E-state index in [1.807, 2.05) is 6.92 Å². The Kier molecular flexibility index (Phi) is 15.1. The van der Waals surface area contributed by atoms with Gasteiger partial charge in [-0.1, -0.05) is 32.9 Å². The zero-order valence-corrected chi connectivity index (χ0v) is 22.6. The Morgan fingerprint density at radius 1 is 0.974 bits per heavy atom. The lowest BCUT2D eigenvalue weighted by atomic mass is 10.0. The first kappa shape index (κ1) is 32.4. The highest BCUT2D eigenvalue weighted by Crippen LogP contribution is 2.13. The van der Waals surface area contributed by atoms with Gasteiger partial charge in [0.25, 0.3) is 0 Å². The normalized spacial score (nSPS) is 12.2. The van der Waals surface area contributed by atoms with Gasteiger partial charge in [0.2, 0.25) is 17.7 Å². The summed E-state index contributed by atoms with van der Waals surface area (Å²) in [5.41, 5.74) is 6.33. The molecule has 1 aromatic rings. The Balaban J connectivity index is 2.86.